The van der Waals surface area contributed by atoms with E-state index in [1.807, 2.05) is 6.92 Å². The number of nitrogens with zero attached hydrogens (tertiary/aromatic N) is 6. The molecule has 1 aliphatic carbocycles. The fourth-order valence-electron chi connectivity index (χ4n) is 4.07. The number of sulfone groups is 1. The first kappa shape index (κ1) is 24.7. The van der Waals surface area contributed by atoms with Gasteiger partial charge < -0.3 is 10.2 Å². The van der Waals surface area contributed by atoms with E-state index in [1.54, 1.807) is 13.1 Å². The molecule has 0 aliphatic heterocycles. The van der Waals surface area contributed by atoms with Gasteiger partial charge in [-0.3, -0.25) is 9.78 Å². The molecule has 14 heteroatoms. The Morgan fingerprint density at radius 1 is 1.14 bits per heavy atom. The van der Waals surface area contributed by atoms with Crippen molar-refractivity contribution < 1.29 is 21.6 Å². The molecule has 0 bridgehead atoms. The van der Waals surface area contributed by atoms with E-state index in [2.05, 4.69) is 30.6 Å². The van der Waals surface area contributed by atoms with Crippen LogP contribution in [0.25, 0.3) is 11.3 Å². The molecule has 1 saturated carbocycles. The lowest BCUT2D eigenvalue weighted by atomic mass is 10.0. The average Bonchev–Trinajstić information content (AvgIpc) is 3.47. The minimum atomic E-state index is -3.85. The van der Waals surface area contributed by atoms with Crippen molar-refractivity contribution >= 4 is 33.1 Å². The first-order chi connectivity index (χ1) is 17.4. The number of hydrogen-bond acceptors (Lipinski definition) is 8. The van der Waals surface area contributed by atoms with Gasteiger partial charge in [-0.05, 0) is 37.8 Å². The number of halogens is 3. The van der Waals surface area contributed by atoms with E-state index in [0.717, 1.165) is 41.8 Å². The normalized spacial score (nSPS) is 13.7. The zero-order valence-corrected chi connectivity index (χ0v) is 21.2. The molecule has 1 aliphatic rings. The van der Waals surface area contributed by atoms with Gasteiger partial charge in [0.05, 0.1) is 16.2 Å². The van der Waals surface area contributed by atoms with Gasteiger partial charge in [0.2, 0.25) is 11.9 Å². The van der Waals surface area contributed by atoms with Crippen LogP contribution >= 0.6 is 0 Å². The summed E-state index contributed by atoms with van der Waals surface area (Å²) >= 11 is 0. The van der Waals surface area contributed by atoms with E-state index < -0.39 is 38.0 Å². The molecular formula is C23H23F3N8O2S. The van der Waals surface area contributed by atoms with Crippen molar-refractivity contribution in [1.82, 2.24) is 29.9 Å². The van der Waals surface area contributed by atoms with Crippen LogP contribution in [0.4, 0.5) is 36.4 Å². The standard InChI is InChI=1S/C23H23F3N8O2S/c1-11-7-17(31-30-11)27-22-18(12-5-6-12)19(14-10-33(2)32-21(14)26)28-23(29-22)34(3)20-15(24)8-13(9-16(20)25)37(4,35)36/h7-10,12H,5-6H2,1-4H3,(H2,27,28,29,30,31). The van der Waals surface area contributed by atoms with Crippen LogP contribution in [0.15, 0.2) is 29.3 Å². The summed E-state index contributed by atoms with van der Waals surface area (Å²) in [6, 6.07) is 3.21. The van der Waals surface area contributed by atoms with Crippen LogP contribution < -0.4 is 10.2 Å². The lowest BCUT2D eigenvalue weighted by Crippen LogP contribution is -2.19. The lowest BCUT2D eigenvalue weighted by molar-refractivity contribution is 0.555. The molecule has 37 heavy (non-hydrogen) atoms. The van der Waals surface area contributed by atoms with Gasteiger partial charge in [0, 0.05) is 43.9 Å². The van der Waals surface area contributed by atoms with Crippen LogP contribution in [0.1, 0.15) is 30.0 Å². The maximum Gasteiger partial charge on any atom is 0.242 e. The van der Waals surface area contributed by atoms with E-state index in [0.29, 0.717) is 17.2 Å². The third-order valence-electron chi connectivity index (χ3n) is 5.96. The largest absolute Gasteiger partial charge is 0.323 e. The summed E-state index contributed by atoms with van der Waals surface area (Å²) in [5, 5.41) is 13.9. The summed E-state index contributed by atoms with van der Waals surface area (Å²) in [6.07, 6.45) is 3.99. The summed E-state index contributed by atoms with van der Waals surface area (Å²) in [7, 11) is -0.949. The van der Waals surface area contributed by atoms with Crippen molar-refractivity contribution in [3.05, 3.63) is 53.2 Å². The average molecular weight is 533 g/mol. The molecule has 1 fully saturated rings. The Bertz CT molecular complexity index is 1610. The topological polar surface area (TPSA) is 122 Å². The number of rotatable bonds is 7. The lowest BCUT2D eigenvalue weighted by Gasteiger charge is -2.22. The number of aromatic amines is 1. The minimum Gasteiger partial charge on any atom is -0.323 e. The van der Waals surface area contributed by atoms with E-state index in [4.69, 9.17) is 0 Å². The molecule has 0 spiro atoms. The second-order valence-corrected chi connectivity index (χ2v) is 11.1. The highest BCUT2D eigenvalue weighted by Gasteiger charge is 2.34. The SMILES string of the molecule is Cc1cc(Nc2nc(N(C)c3c(F)cc(S(C)(=O)=O)cc3F)nc(-c3cn(C)nc3F)c2C2CC2)n[nH]1. The van der Waals surface area contributed by atoms with Gasteiger partial charge in [-0.25, -0.2) is 22.2 Å². The molecule has 5 rings (SSSR count). The number of anilines is 4. The molecule has 1 aromatic carbocycles. The summed E-state index contributed by atoms with van der Waals surface area (Å²) in [5.74, 6) is -2.36. The van der Waals surface area contributed by atoms with Crippen LogP contribution in [-0.4, -0.2) is 51.7 Å². The van der Waals surface area contributed by atoms with Crippen molar-refractivity contribution in [2.24, 2.45) is 7.05 Å². The minimum absolute atomic E-state index is 0.0408. The fourth-order valence-corrected chi connectivity index (χ4v) is 4.70. The third kappa shape index (κ3) is 4.75. The molecule has 3 heterocycles. The van der Waals surface area contributed by atoms with Crippen molar-refractivity contribution in [2.75, 3.05) is 23.5 Å². The smallest absolute Gasteiger partial charge is 0.242 e. The zero-order valence-electron chi connectivity index (χ0n) is 20.3. The van der Waals surface area contributed by atoms with Gasteiger partial charge in [0.15, 0.2) is 27.3 Å². The highest BCUT2D eigenvalue weighted by molar-refractivity contribution is 7.90. The van der Waals surface area contributed by atoms with E-state index in [1.165, 1.54) is 17.9 Å². The van der Waals surface area contributed by atoms with Crippen LogP contribution in [0.5, 0.6) is 0 Å². The predicted octanol–water partition coefficient (Wildman–Crippen LogP) is 4.12. The van der Waals surface area contributed by atoms with Gasteiger partial charge in [-0.15, -0.1) is 5.10 Å². The Hall–Kier alpha value is -3.94. The van der Waals surface area contributed by atoms with E-state index in [9.17, 15) is 12.8 Å². The van der Waals surface area contributed by atoms with Gasteiger partial charge >= 0.3 is 0 Å². The molecule has 0 amide bonds. The zero-order chi connectivity index (χ0) is 26.6. The molecule has 3 aromatic heterocycles. The number of aryl methyl sites for hydroxylation is 2. The fraction of sp³-hybridized carbons (Fsp3) is 0.304. The van der Waals surface area contributed by atoms with Gasteiger partial charge in [-0.2, -0.15) is 14.5 Å². The highest BCUT2D eigenvalue weighted by Crippen LogP contribution is 2.48. The van der Waals surface area contributed by atoms with E-state index in [-0.39, 0.29) is 23.1 Å². The number of hydrogen-bond donors (Lipinski definition) is 2. The Kier molecular flexibility index (Phi) is 5.93. The molecular weight excluding hydrogens is 509 g/mol. The van der Waals surface area contributed by atoms with Crippen LogP contribution in [0.2, 0.25) is 0 Å². The predicted molar refractivity (Wildman–Crippen MR) is 130 cm³/mol. The molecule has 0 saturated heterocycles. The third-order valence-corrected chi connectivity index (χ3v) is 7.06. The summed E-state index contributed by atoms with van der Waals surface area (Å²) in [4.78, 5) is 9.60. The van der Waals surface area contributed by atoms with E-state index >= 15 is 8.78 Å². The van der Waals surface area contributed by atoms with Crippen LogP contribution in [0.3, 0.4) is 0 Å². The Morgan fingerprint density at radius 3 is 2.32 bits per heavy atom. The molecule has 0 unspecified atom stereocenters. The Balaban J connectivity index is 1.70. The summed E-state index contributed by atoms with van der Waals surface area (Å²) in [6.45, 7) is 1.82. The molecule has 10 nitrogen and oxygen atoms in total. The highest BCUT2D eigenvalue weighted by atomic mass is 32.2. The van der Waals surface area contributed by atoms with Crippen molar-refractivity contribution in [2.45, 2.75) is 30.6 Å². The first-order valence-electron chi connectivity index (χ1n) is 11.3. The Morgan fingerprint density at radius 2 is 1.81 bits per heavy atom. The van der Waals surface area contributed by atoms with Crippen LogP contribution in [-0.2, 0) is 16.9 Å². The van der Waals surface area contributed by atoms with Crippen molar-refractivity contribution in [3.8, 4) is 11.3 Å². The molecule has 2 N–H and O–H groups in total. The van der Waals surface area contributed by atoms with Gasteiger partial charge in [0.1, 0.15) is 11.5 Å². The maximum atomic E-state index is 15.0. The molecule has 4 aromatic rings. The summed E-state index contributed by atoms with van der Waals surface area (Å²) in [5.41, 5.74) is 1.20. The monoisotopic (exact) mass is 532 g/mol. The quantitative estimate of drug-likeness (QED) is 0.365. The number of H-pyrrole nitrogens is 1. The van der Waals surface area contributed by atoms with Gasteiger partial charge in [0.25, 0.3) is 0 Å². The van der Waals surface area contributed by atoms with Crippen molar-refractivity contribution in [3.63, 3.8) is 0 Å². The van der Waals surface area contributed by atoms with Crippen LogP contribution in [0, 0.1) is 24.5 Å². The molecule has 0 radical (unpaired) electrons. The molecule has 0 atom stereocenters. The first-order valence-corrected chi connectivity index (χ1v) is 13.1. The second kappa shape index (κ2) is 8.87. The maximum absolute atomic E-state index is 15.0. The summed E-state index contributed by atoms with van der Waals surface area (Å²) < 4.78 is 69.8. The number of aromatic nitrogens is 6. The Labute approximate surface area is 210 Å². The number of benzene rings is 1. The molecule has 194 valence electrons. The van der Waals surface area contributed by atoms with Crippen molar-refractivity contribution in [1.29, 1.82) is 0 Å². The number of nitrogens with one attached hydrogen (secondary N) is 2. The van der Waals surface area contributed by atoms with Gasteiger partial charge in [-0.1, -0.05) is 0 Å². The second-order valence-electron chi connectivity index (χ2n) is 9.04.